The smallest absolute Gasteiger partial charge is 0.311 e. The number of carbonyl (C=O) groups is 1. The number of fused-ring (bicyclic) bond motifs is 26. The van der Waals surface area contributed by atoms with Crippen molar-refractivity contribution in [3.8, 4) is 22.7 Å². The molecule has 3 unspecified atom stereocenters. The van der Waals surface area contributed by atoms with Crippen LogP contribution in [0.25, 0.3) is 197 Å². The molecule has 16 aromatic carbocycles. The number of ether oxygens (including phenoxy) is 1. The Morgan fingerprint density at radius 1 is 0.299 bits per heavy atom. The van der Waals surface area contributed by atoms with Gasteiger partial charge < -0.3 is 57.0 Å². The predicted molar refractivity (Wildman–Crippen MR) is 611 cm³/mol. The maximum atomic E-state index is 13.4. The van der Waals surface area contributed by atoms with Gasteiger partial charge in [0.2, 0.25) is 0 Å². The third-order valence-corrected chi connectivity index (χ3v) is 31.1. The summed E-state index contributed by atoms with van der Waals surface area (Å²) in [5, 5.41) is 49.2. The average molecular weight is 2310 g/mol. The van der Waals surface area contributed by atoms with Crippen LogP contribution in [0.15, 0.2) is 352 Å². The van der Waals surface area contributed by atoms with Gasteiger partial charge in [0.15, 0.2) is 6.73 Å². The fourth-order valence-electron chi connectivity index (χ4n) is 21.6. The average Bonchev–Trinajstić information content (AvgIpc) is 1.57. The Morgan fingerprint density at radius 2 is 0.569 bits per heavy atom. The van der Waals surface area contributed by atoms with Crippen molar-refractivity contribution in [2.24, 2.45) is 17.8 Å². The molecule has 0 spiro atoms. The Balaban J connectivity index is 0.000000114. The molecule has 1 saturated carbocycles. The number of alkyl halides is 1. The number of H-pyrrole nitrogens is 1. The minimum atomic E-state index is -0.0827. The Kier molecular flexibility index (Phi) is 26.9. The van der Waals surface area contributed by atoms with Gasteiger partial charge in [-0.2, -0.15) is 0 Å². The van der Waals surface area contributed by atoms with Gasteiger partial charge in [-0.25, -0.2) is 0 Å². The SMILES string of the molecule is C.Ic1ccc2[nH]c3ccc(I)cc3c2c1.O=C(OCn1c2ccc(-n3c4ccccc4c4ccccc43)cc2c2cc(-n3c4ccccc4c4ccccc43)ccc21)C1CC2C=CC1C2.OCCCCCCCCCCCBr.OCn1c2ccc(-n3c4ccccc4c4ccccc43)cc2c2cc(-n3c4ccccc4c4ccccc43)ccc21.OCn1c2ccc(I)cc2c2cc(I)ccc21. The van der Waals surface area contributed by atoms with E-state index in [1.54, 1.807) is 0 Å². The van der Waals surface area contributed by atoms with Crippen molar-refractivity contribution >= 4 is 287 Å². The number of rotatable bonds is 19. The summed E-state index contributed by atoms with van der Waals surface area (Å²) >= 11 is 12.8. The van der Waals surface area contributed by atoms with E-state index >= 15 is 0 Å². The Morgan fingerprint density at radius 3 is 0.854 bits per heavy atom. The van der Waals surface area contributed by atoms with E-state index in [0.717, 1.165) is 102 Å². The third kappa shape index (κ3) is 17.3. The second-order valence-corrected chi connectivity index (χ2v) is 41.5. The number of allylic oxidation sites excluding steroid dienone is 2. The molecule has 26 rings (SSSR count). The number of para-hydroxylation sites is 8. The molecule has 0 amide bonds. The third-order valence-electron chi connectivity index (χ3n) is 27.8. The maximum Gasteiger partial charge on any atom is 0.311 e. The molecule has 8 aromatic heterocycles. The zero-order chi connectivity index (χ0) is 92.2. The molecule has 0 aliphatic heterocycles. The van der Waals surface area contributed by atoms with Gasteiger partial charge in [-0.3, -0.25) is 4.79 Å². The molecular formula is C119H101BrI4N8O5. The summed E-state index contributed by atoms with van der Waals surface area (Å²) in [6.07, 6.45) is 18.2. The van der Waals surface area contributed by atoms with E-state index in [9.17, 15) is 15.0 Å². The Hall–Kier alpha value is -11.6. The maximum absolute atomic E-state index is 13.4. The molecule has 8 heterocycles. The van der Waals surface area contributed by atoms with Gasteiger partial charge in [-0.1, -0.05) is 226 Å². The van der Waals surface area contributed by atoms with Crippen molar-refractivity contribution in [1.82, 2.24) is 37.0 Å². The zero-order valence-electron chi connectivity index (χ0n) is 74.7. The molecule has 4 N–H and O–H groups in total. The summed E-state index contributed by atoms with van der Waals surface area (Å²) in [6.45, 7) is 0.482. The standard InChI is InChI=1S/C45H33N3O2.C37H25N3O.C13H9I2NO.C12H7I2N.C11H23BrO.CH4/c49-45(36-24-28-17-18-29(36)23-28)50-27-46-39-21-19-30(47-41-13-5-1-9-32(41)33-10-2-6-14-42(33)47)25-37(39)38-26-31(20-22-40(38)46)48-43-15-7-3-11-34(43)35-12-4-8-16-44(35)48;41-23-38-32-19-17-24(39-34-13-5-1-9-26(34)27-10-2-6-14-35(27)39)21-30(32)31-22-25(18-20-33(31)38)40-36-15-7-3-11-28(36)29-12-4-8-16-37(29)40;14-8-1-3-12-10(5-8)11-6-9(15)2-4-13(11)16(12)7-17;13-7-1-3-11-9(5-7)10-6-8(14)2-4-12(10)15-11;12-10-8-6-4-2-1-3-5-7-9-11-13;/h1-22,25-26,28-29,36H,23-24,27H2;1-22,41H,23H2;1-6,17H,7H2;1-6,15H;13H,1-11H2;1H4. The van der Waals surface area contributed by atoms with E-state index in [0.29, 0.717) is 18.4 Å². The topological polar surface area (TPSA) is 137 Å². The minimum absolute atomic E-state index is 0. The molecule has 2 bridgehead atoms. The van der Waals surface area contributed by atoms with Crippen LogP contribution in [0, 0.1) is 32.0 Å². The van der Waals surface area contributed by atoms with Crippen molar-refractivity contribution in [3.05, 3.63) is 366 Å². The van der Waals surface area contributed by atoms with Crippen LogP contribution in [0.4, 0.5) is 0 Å². The second-order valence-electron chi connectivity index (χ2n) is 35.8. The van der Waals surface area contributed by atoms with E-state index < -0.39 is 0 Å². The molecule has 137 heavy (non-hydrogen) atoms. The fourth-order valence-corrected chi connectivity index (χ4v) is 23.9. The van der Waals surface area contributed by atoms with Crippen LogP contribution in [-0.2, 0) is 29.7 Å². The molecule has 1 fully saturated rings. The van der Waals surface area contributed by atoms with E-state index in [1.165, 1.54) is 185 Å². The molecule has 24 aromatic rings. The van der Waals surface area contributed by atoms with Crippen LogP contribution in [0.3, 0.4) is 0 Å². The van der Waals surface area contributed by atoms with Gasteiger partial charge in [0, 0.05) is 146 Å². The number of nitrogens with one attached hydrogen (secondary N) is 1. The first-order valence-electron chi connectivity index (χ1n) is 46.9. The van der Waals surface area contributed by atoms with Crippen LogP contribution in [0.1, 0.15) is 78.1 Å². The summed E-state index contributed by atoms with van der Waals surface area (Å²) in [5.41, 5.74) is 22.6. The highest BCUT2D eigenvalue weighted by atomic mass is 127. The van der Waals surface area contributed by atoms with Crippen LogP contribution in [0.2, 0.25) is 0 Å². The highest BCUT2D eigenvalue weighted by Crippen LogP contribution is 2.47. The lowest BCUT2D eigenvalue weighted by atomic mass is 9.94. The molecule has 682 valence electrons. The molecule has 0 saturated heterocycles. The van der Waals surface area contributed by atoms with E-state index in [2.05, 4.69) is 486 Å². The van der Waals surface area contributed by atoms with Crippen LogP contribution in [0.5, 0.6) is 0 Å². The van der Waals surface area contributed by atoms with Gasteiger partial charge in [0.25, 0.3) is 0 Å². The largest absolute Gasteiger partial charge is 0.444 e. The zero-order valence-corrected chi connectivity index (χ0v) is 84.9. The molecule has 0 radical (unpaired) electrons. The van der Waals surface area contributed by atoms with Crippen molar-refractivity contribution in [1.29, 1.82) is 0 Å². The van der Waals surface area contributed by atoms with Crippen molar-refractivity contribution in [3.63, 3.8) is 0 Å². The number of aromatic amines is 1. The first kappa shape index (κ1) is 91.8. The second kappa shape index (κ2) is 40.1. The summed E-state index contributed by atoms with van der Waals surface area (Å²) in [4.78, 5) is 16.9. The normalized spacial score (nSPS) is 14.1. The summed E-state index contributed by atoms with van der Waals surface area (Å²) in [6, 6.07) is 121. The van der Waals surface area contributed by atoms with Crippen LogP contribution >= 0.6 is 106 Å². The number of esters is 1. The number of aliphatic hydroxyl groups excluding tert-OH is 3. The quantitative estimate of drug-likeness (QED) is 0.0210. The van der Waals surface area contributed by atoms with Gasteiger partial charge in [0.1, 0.15) is 13.5 Å². The van der Waals surface area contributed by atoms with Gasteiger partial charge >= 0.3 is 5.97 Å². The Bertz CT molecular complexity index is 8080. The first-order valence-corrected chi connectivity index (χ1v) is 52.4. The monoisotopic (exact) mass is 2310 g/mol. The van der Waals surface area contributed by atoms with Gasteiger partial charge in [-0.15, -0.1) is 0 Å². The minimum Gasteiger partial charge on any atom is -0.444 e. The van der Waals surface area contributed by atoms with E-state index in [4.69, 9.17) is 9.84 Å². The van der Waals surface area contributed by atoms with Gasteiger partial charge in [-0.05, 0) is 322 Å². The van der Waals surface area contributed by atoms with Gasteiger partial charge in [0.05, 0.1) is 83.2 Å². The molecular weight excluding hydrogens is 2210 g/mol. The summed E-state index contributed by atoms with van der Waals surface area (Å²) in [5.74, 6) is 0.708. The number of unbranched alkanes of at least 4 members (excludes halogenated alkanes) is 8. The highest BCUT2D eigenvalue weighted by Gasteiger charge is 2.41. The lowest BCUT2D eigenvalue weighted by molar-refractivity contribution is -0.153. The summed E-state index contributed by atoms with van der Waals surface area (Å²) < 4.78 is 26.7. The van der Waals surface area contributed by atoms with Crippen LogP contribution in [-0.4, -0.2) is 70.2 Å². The molecule has 13 nitrogen and oxygen atoms in total. The summed E-state index contributed by atoms with van der Waals surface area (Å²) in [7, 11) is 0. The Labute approximate surface area is 856 Å². The molecule has 3 atom stereocenters. The number of aromatic nitrogens is 8. The lowest BCUT2D eigenvalue weighted by Gasteiger charge is -2.17. The van der Waals surface area contributed by atoms with Crippen molar-refractivity contribution in [2.45, 2.75) is 98.2 Å². The molecule has 2 aliphatic carbocycles. The number of hydrogen-bond donors (Lipinski definition) is 4. The lowest BCUT2D eigenvalue weighted by Crippen LogP contribution is -2.22. The van der Waals surface area contributed by atoms with E-state index in [1.807, 2.05) is 9.13 Å². The number of nitrogens with zero attached hydrogens (tertiary/aromatic N) is 7. The number of aliphatic hydroxyl groups is 3. The number of hydrogen-bond acceptors (Lipinski definition) is 5. The van der Waals surface area contributed by atoms with Crippen LogP contribution < -0.4 is 0 Å². The predicted octanol–water partition coefficient (Wildman–Crippen LogP) is 32.6. The van der Waals surface area contributed by atoms with Crippen molar-refractivity contribution in [2.75, 3.05) is 11.9 Å². The number of benzene rings is 16. The van der Waals surface area contributed by atoms with E-state index in [-0.39, 0.29) is 39.5 Å². The fraction of sp³-hybridized carbons (Fsp3) is 0.168. The highest BCUT2D eigenvalue weighted by molar-refractivity contribution is 14.1. The van der Waals surface area contributed by atoms with Crippen molar-refractivity contribution < 1.29 is 24.9 Å². The molecule has 2 aliphatic rings. The molecule has 18 heteroatoms. The first-order chi connectivity index (χ1) is 66.9. The number of halogens is 5. The number of carbonyl (C=O) groups excluding carboxylic acids is 1.